The predicted molar refractivity (Wildman–Crippen MR) is 75.9 cm³/mol. The van der Waals surface area contributed by atoms with Crippen LogP contribution in [0.2, 0.25) is 0 Å². The van der Waals surface area contributed by atoms with E-state index in [1.165, 1.54) is 0 Å². The fourth-order valence-electron chi connectivity index (χ4n) is 2.00. The lowest BCUT2D eigenvalue weighted by Crippen LogP contribution is -2.30. The van der Waals surface area contributed by atoms with Crippen molar-refractivity contribution in [3.63, 3.8) is 0 Å². The Morgan fingerprint density at radius 3 is 2.53 bits per heavy atom. The molecule has 0 amide bonds. The monoisotopic (exact) mass is 279 g/mol. The van der Waals surface area contributed by atoms with Crippen LogP contribution in [-0.4, -0.2) is 39.0 Å². The van der Waals surface area contributed by atoms with Gasteiger partial charge in [0.05, 0.1) is 16.8 Å². The molecule has 0 aliphatic carbocycles. The first-order valence-electron chi connectivity index (χ1n) is 6.07. The first kappa shape index (κ1) is 14.0. The molecule has 102 valence electrons. The van der Waals surface area contributed by atoms with Crippen molar-refractivity contribution in [1.82, 2.24) is 5.32 Å². The summed E-state index contributed by atoms with van der Waals surface area (Å²) in [6, 6.07) is 12.6. The van der Waals surface area contributed by atoms with Crippen LogP contribution in [0, 0.1) is 0 Å². The second-order valence-corrected chi connectivity index (χ2v) is 6.54. The molecule has 2 aromatic carbocycles. The second-order valence-electron chi connectivity index (χ2n) is 4.50. The molecule has 0 saturated carbocycles. The molecule has 2 rings (SSSR count). The number of hydrogen-bond donors (Lipinski definition) is 2. The van der Waals surface area contributed by atoms with Gasteiger partial charge >= 0.3 is 0 Å². The van der Waals surface area contributed by atoms with E-state index in [1.54, 1.807) is 25.2 Å². The Bertz CT molecular complexity index is 667. The van der Waals surface area contributed by atoms with E-state index in [0.717, 1.165) is 10.8 Å². The molecule has 0 fully saturated rings. The average Bonchev–Trinajstić information content (AvgIpc) is 2.37. The number of nitrogens with one attached hydrogen (secondary N) is 1. The van der Waals surface area contributed by atoms with Crippen molar-refractivity contribution in [2.24, 2.45) is 0 Å². The van der Waals surface area contributed by atoms with Crippen molar-refractivity contribution in [2.75, 3.05) is 19.3 Å². The first-order chi connectivity index (χ1) is 9.03. The Morgan fingerprint density at radius 1 is 1.16 bits per heavy atom. The number of fused-ring (bicyclic) bond motifs is 1. The molecule has 5 heteroatoms. The Hall–Kier alpha value is -1.43. The summed E-state index contributed by atoms with van der Waals surface area (Å²) in [4.78, 5) is 0.251. The van der Waals surface area contributed by atoms with E-state index in [4.69, 9.17) is 0 Å². The molecule has 0 radical (unpaired) electrons. The van der Waals surface area contributed by atoms with Gasteiger partial charge in [-0.2, -0.15) is 0 Å². The molecule has 0 aromatic heterocycles. The lowest BCUT2D eigenvalue weighted by Gasteiger charge is -2.11. The minimum atomic E-state index is -3.46. The van der Waals surface area contributed by atoms with Gasteiger partial charge in [0.1, 0.15) is 0 Å². The first-order valence-corrected chi connectivity index (χ1v) is 7.72. The summed E-state index contributed by atoms with van der Waals surface area (Å²) < 4.78 is 24.3. The minimum Gasteiger partial charge on any atom is -0.391 e. The lowest BCUT2D eigenvalue weighted by molar-refractivity contribution is 0.197. The van der Waals surface area contributed by atoms with Crippen molar-refractivity contribution < 1.29 is 13.5 Å². The van der Waals surface area contributed by atoms with Gasteiger partial charge in [-0.15, -0.1) is 0 Å². The molecule has 19 heavy (non-hydrogen) atoms. The zero-order chi connectivity index (χ0) is 13.9. The van der Waals surface area contributed by atoms with Crippen molar-refractivity contribution in [1.29, 1.82) is 0 Å². The topological polar surface area (TPSA) is 66.4 Å². The molecule has 2 N–H and O–H groups in total. The Balaban J connectivity index is 2.32. The van der Waals surface area contributed by atoms with Gasteiger partial charge in [-0.3, -0.25) is 0 Å². The van der Waals surface area contributed by atoms with Gasteiger partial charge in [0.2, 0.25) is 0 Å². The zero-order valence-corrected chi connectivity index (χ0v) is 11.5. The fourth-order valence-corrected chi connectivity index (χ4v) is 3.40. The zero-order valence-electron chi connectivity index (χ0n) is 10.7. The molecule has 2 aromatic rings. The number of hydrogen-bond acceptors (Lipinski definition) is 4. The number of benzene rings is 2. The Kier molecular flexibility index (Phi) is 4.19. The van der Waals surface area contributed by atoms with Gasteiger partial charge in [-0.25, -0.2) is 8.42 Å². The maximum Gasteiger partial charge on any atom is 0.180 e. The van der Waals surface area contributed by atoms with E-state index in [9.17, 15) is 13.5 Å². The molecule has 0 spiro atoms. The SMILES string of the molecule is CNCC(O)CS(=O)(=O)c1ccc2ccccc2c1. The second kappa shape index (κ2) is 5.69. The highest BCUT2D eigenvalue weighted by Crippen LogP contribution is 2.20. The van der Waals surface area contributed by atoms with Crippen LogP contribution in [0.25, 0.3) is 10.8 Å². The molecule has 0 aliphatic rings. The van der Waals surface area contributed by atoms with Crippen molar-refractivity contribution >= 4 is 20.6 Å². The number of aliphatic hydroxyl groups excluding tert-OH is 1. The standard InChI is InChI=1S/C14H17NO3S/c1-15-9-13(16)10-19(17,18)14-7-6-11-4-2-3-5-12(11)8-14/h2-8,13,15-16H,9-10H2,1H3. The van der Waals surface area contributed by atoms with Crippen molar-refractivity contribution in [3.05, 3.63) is 42.5 Å². The van der Waals surface area contributed by atoms with E-state index >= 15 is 0 Å². The van der Waals surface area contributed by atoms with Gasteiger partial charge in [0.15, 0.2) is 9.84 Å². The summed E-state index contributed by atoms with van der Waals surface area (Å²) in [6.45, 7) is 0.257. The third-order valence-corrected chi connectivity index (χ3v) is 4.73. The highest BCUT2D eigenvalue weighted by molar-refractivity contribution is 7.91. The lowest BCUT2D eigenvalue weighted by atomic mass is 10.1. The van der Waals surface area contributed by atoms with E-state index in [1.807, 2.05) is 24.3 Å². The molecule has 0 saturated heterocycles. The molecule has 0 aliphatic heterocycles. The highest BCUT2D eigenvalue weighted by Gasteiger charge is 2.19. The van der Waals surface area contributed by atoms with Crippen LogP contribution >= 0.6 is 0 Å². The van der Waals surface area contributed by atoms with Gasteiger partial charge in [-0.1, -0.05) is 30.3 Å². The van der Waals surface area contributed by atoms with Gasteiger partial charge < -0.3 is 10.4 Å². The average molecular weight is 279 g/mol. The van der Waals surface area contributed by atoms with Crippen LogP contribution in [-0.2, 0) is 9.84 Å². The van der Waals surface area contributed by atoms with E-state index in [2.05, 4.69) is 5.32 Å². The minimum absolute atomic E-state index is 0.251. The molecule has 4 nitrogen and oxygen atoms in total. The number of aliphatic hydroxyl groups is 1. The van der Waals surface area contributed by atoms with Crippen LogP contribution in [0.5, 0.6) is 0 Å². The molecule has 1 unspecified atom stereocenters. The molecule has 0 heterocycles. The third kappa shape index (κ3) is 3.32. The van der Waals surface area contributed by atoms with Crippen molar-refractivity contribution in [3.8, 4) is 0 Å². The van der Waals surface area contributed by atoms with E-state index in [0.29, 0.717) is 0 Å². The quantitative estimate of drug-likeness (QED) is 0.863. The van der Waals surface area contributed by atoms with Crippen LogP contribution in [0.15, 0.2) is 47.4 Å². The van der Waals surface area contributed by atoms with Crippen LogP contribution in [0.1, 0.15) is 0 Å². The predicted octanol–water partition coefficient (Wildman–Crippen LogP) is 1.19. The van der Waals surface area contributed by atoms with E-state index in [-0.39, 0.29) is 17.2 Å². The molecule has 1 atom stereocenters. The summed E-state index contributed by atoms with van der Waals surface area (Å²) in [5, 5.41) is 14.3. The van der Waals surface area contributed by atoms with E-state index < -0.39 is 15.9 Å². The molecular weight excluding hydrogens is 262 g/mol. The summed E-state index contributed by atoms with van der Waals surface area (Å²) in [5.74, 6) is -0.272. The largest absolute Gasteiger partial charge is 0.391 e. The highest BCUT2D eigenvalue weighted by atomic mass is 32.2. The number of sulfone groups is 1. The normalized spacial score (nSPS) is 13.6. The maximum atomic E-state index is 12.2. The fraction of sp³-hybridized carbons (Fsp3) is 0.286. The number of rotatable bonds is 5. The van der Waals surface area contributed by atoms with Gasteiger partial charge in [0.25, 0.3) is 0 Å². The third-order valence-electron chi connectivity index (χ3n) is 2.93. The summed E-state index contributed by atoms with van der Waals surface area (Å²) in [6.07, 6.45) is -0.901. The maximum absolute atomic E-state index is 12.2. The number of likely N-dealkylation sites (N-methyl/N-ethyl adjacent to an activating group) is 1. The van der Waals surface area contributed by atoms with Gasteiger partial charge in [0, 0.05) is 6.54 Å². The van der Waals surface area contributed by atoms with Crippen LogP contribution < -0.4 is 5.32 Å². The Labute approximate surface area is 113 Å². The van der Waals surface area contributed by atoms with Gasteiger partial charge in [-0.05, 0) is 30.0 Å². The molecular formula is C14H17NO3S. The Morgan fingerprint density at radius 2 is 1.84 bits per heavy atom. The van der Waals surface area contributed by atoms with Crippen LogP contribution in [0.3, 0.4) is 0 Å². The summed E-state index contributed by atoms with van der Waals surface area (Å²) in [7, 11) is -1.79. The smallest absolute Gasteiger partial charge is 0.180 e. The summed E-state index contributed by atoms with van der Waals surface area (Å²) in [5.41, 5.74) is 0. The van der Waals surface area contributed by atoms with Crippen molar-refractivity contribution in [2.45, 2.75) is 11.0 Å². The van der Waals surface area contributed by atoms with Crippen LogP contribution in [0.4, 0.5) is 0 Å². The summed E-state index contributed by atoms with van der Waals surface area (Å²) >= 11 is 0. The molecule has 0 bridgehead atoms.